The highest BCUT2D eigenvalue weighted by atomic mass is 35.5. The lowest BCUT2D eigenvalue weighted by molar-refractivity contribution is 0.0601. The molecular formula is C23H26ClNO4. The van der Waals surface area contributed by atoms with Crippen molar-refractivity contribution >= 4 is 11.6 Å². The number of methoxy groups -OCH3 is 1. The predicted octanol–water partition coefficient (Wildman–Crippen LogP) is 4.69. The van der Waals surface area contributed by atoms with Gasteiger partial charge in [-0.3, -0.25) is 4.90 Å². The van der Waals surface area contributed by atoms with Gasteiger partial charge in [-0.1, -0.05) is 29.8 Å². The molecule has 1 heterocycles. The Hall–Kier alpha value is -2.47. The number of furan rings is 1. The fraction of sp³-hybridized carbons (Fsp3) is 0.304. The van der Waals surface area contributed by atoms with Gasteiger partial charge >= 0.3 is 0 Å². The molecule has 29 heavy (non-hydrogen) atoms. The summed E-state index contributed by atoms with van der Waals surface area (Å²) in [7, 11) is 1.66. The van der Waals surface area contributed by atoms with E-state index in [0.29, 0.717) is 30.4 Å². The minimum absolute atomic E-state index is 0.182. The molecule has 0 aliphatic heterocycles. The standard InChI is InChI=1S/C23H26ClNO4/c1-17-12-20(9-10-22(17)24)29-16-19(26)14-25(15-21-7-5-11-28-21)13-18-6-3-4-8-23(18)27-2/h3-12,19,26H,13-16H2,1-2H3. The van der Waals surface area contributed by atoms with E-state index in [0.717, 1.165) is 22.6 Å². The molecule has 0 aliphatic carbocycles. The summed E-state index contributed by atoms with van der Waals surface area (Å²) in [5, 5.41) is 11.3. The lowest BCUT2D eigenvalue weighted by Gasteiger charge is -2.25. The van der Waals surface area contributed by atoms with Crippen LogP contribution in [0.1, 0.15) is 16.9 Å². The Morgan fingerprint density at radius 1 is 1.10 bits per heavy atom. The van der Waals surface area contributed by atoms with Crippen molar-refractivity contribution in [1.29, 1.82) is 0 Å². The first-order chi connectivity index (χ1) is 14.0. The van der Waals surface area contributed by atoms with Crippen molar-refractivity contribution in [3.63, 3.8) is 0 Å². The summed E-state index contributed by atoms with van der Waals surface area (Å²) in [5.74, 6) is 2.34. The third-order valence-electron chi connectivity index (χ3n) is 4.59. The van der Waals surface area contributed by atoms with Crippen molar-refractivity contribution in [2.24, 2.45) is 0 Å². The van der Waals surface area contributed by atoms with Gasteiger partial charge < -0.3 is 19.0 Å². The minimum Gasteiger partial charge on any atom is -0.496 e. The number of para-hydroxylation sites is 1. The van der Waals surface area contributed by atoms with E-state index in [2.05, 4.69) is 4.90 Å². The van der Waals surface area contributed by atoms with Crippen LogP contribution in [0.15, 0.2) is 65.3 Å². The Labute approximate surface area is 176 Å². The average molecular weight is 416 g/mol. The predicted molar refractivity (Wildman–Crippen MR) is 114 cm³/mol. The number of hydrogen-bond donors (Lipinski definition) is 1. The molecule has 2 aromatic carbocycles. The van der Waals surface area contributed by atoms with E-state index in [9.17, 15) is 5.11 Å². The molecule has 0 amide bonds. The van der Waals surface area contributed by atoms with Crippen LogP contribution in [-0.2, 0) is 13.1 Å². The highest BCUT2D eigenvalue weighted by Crippen LogP contribution is 2.22. The average Bonchev–Trinajstić information content (AvgIpc) is 3.22. The van der Waals surface area contributed by atoms with Gasteiger partial charge in [0.05, 0.1) is 19.9 Å². The van der Waals surface area contributed by atoms with Gasteiger partial charge in [0.1, 0.15) is 30.0 Å². The molecule has 154 valence electrons. The van der Waals surface area contributed by atoms with Gasteiger partial charge in [0.15, 0.2) is 0 Å². The largest absolute Gasteiger partial charge is 0.496 e. The van der Waals surface area contributed by atoms with Crippen LogP contribution in [0.2, 0.25) is 5.02 Å². The summed E-state index contributed by atoms with van der Waals surface area (Å²) in [6, 6.07) is 17.1. The first-order valence-corrected chi connectivity index (χ1v) is 9.86. The molecule has 3 rings (SSSR count). The van der Waals surface area contributed by atoms with E-state index in [1.54, 1.807) is 25.5 Å². The molecule has 3 aromatic rings. The van der Waals surface area contributed by atoms with Crippen LogP contribution in [0.4, 0.5) is 0 Å². The molecular weight excluding hydrogens is 390 g/mol. The SMILES string of the molecule is COc1ccccc1CN(Cc1ccco1)CC(O)COc1ccc(Cl)c(C)c1. The molecule has 5 nitrogen and oxygen atoms in total. The summed E-state index contributed by atoms with van der Waals surface area (Å²) >= 11 is 6.05. The van der Waals surface area contributed by atoms with Gasteiger partial charge in [-0.05, 0) is 48.9 Å². The van der Waals surface area contributed by atoms with E-state index >= 15 is 0 Å². The van der Waals surface area contributed by atoms with Gasteiger partial charge in [-0.2, -0.15) is 0 Å². The van der Waals surface area contributed by atoms with Crippen LogP contribution in [0, 0.1) is 6.92 Å². The number of benzene rings is 2. The van der Waals surface area contributed by atoms with Crippen molar-refractivity contribution in [3.05, 3.63) is 82.8 Å². The van der Waals surface area contributed by atoms with Crippen LogP contribution >= 0.6 is 11.6 Å². The first-order valence-electron chi connectivity index (χ1n) is 9.49. The molecule has 1 unspecified atom stereocenters. The number of aliphatic hydroxyl groups excluding tert-OH is 1. The fourth-order valence-corrected chi connectivity index (χ4v) is 3.25. The van der Waals surface area contributed by atoms with Crippen LogP contribution in [0.5, 0.6) is 11.5 Å². The summed E-state index contributed by atoms with van der Waals surface area (Å²) in [5.41, 5.74) is 1.98. The number of halogens is 1. The normalized spacial score (nSPS) is 12.2. The summed E-state index contributed by atoms with van der Waals surface area (Å²) in [4.78, 5) is 2.11. The number of aryl methyl sites for hydroxylation is 1. The smallest absolute Gasteiger partial charge is 0.123 e. The molecule has 0 aliphatic rings. The molecule has 1 N–H and O–H groups in total. The third-order valence-corrected chi connectivity index (χ3v) is 5.01. The van der Waals surface area contributed by atoms with Gasteiger partial charge in [0.2, 0.25) is 0 Å². The van der Waals surface area contributed by atoms with Crippen molar-refractivity contribution in [2.45, 2.75) is 26.1 Å². The van der Waals surface area contributed by atoms with Crippen molar-refractivity contribution in [2.75, 3.05) is 20.3 Å². The molecule has 0 spiro atoms. The number of aliphatic hydroxyl groups is 1. The Kier molecular flexibility index (Phi) is 7.58. The topological polar surface area (TPSA) is 55.1 Å². The minimum atomic E-state index is -0.671. The Morgan fingerprint density at radius 2 is 1.93 bits per heavy atom. The molecule has 1 atom stereocenters. The zero-order valence-electron chi connectivity index (χ0n) is 16.7. The van der Waals surface area contributed by atoms with Gasteiger partial charge in [0, 0.05) is 23.7 Å². The van der Waals surface area contributed by atoms with Crippen LogP contribution < -0.4 is 9.47 Å². The first kappa shape index (κ1) is 21.2. The van der Waals surface area contributed by atoms with Crippen LogP contribution in [0.3, 0.4) is 0 Å². The second-order valence-electron chi connectivity index (χ2n) is 6.94. The third kappa shape index (κ3) is 6.26. The summed E-state index contributed by atoms with van der Waals surface area (Å²) in [6.07, 6.45) is 0.981. The van der Waals surface area contributed by atoms with E-state index in [1.165, 1.54) is 0 Å². The van der Waals surface area contributed by atoms with Crippen molar-refractivity contribution in [3.8, 4) is 11.5 Å². The van der Waals surface area contributed by atoms with Gasteiger partial charge in [-0.25, -0.2) is 0 Å². The second-order valence-corrected chi connectivity index (χ2v) is 7.34. The fourth-order valence-electron chi connectivity index (χ4n) is 3.13. The van der Waals surface area contributed by atoms with E-state index < -0.39 is 6.10 Å². The second kappa shape index (κ2) is 10.3. The molecule has 0 saturated heterocycles. The van der Waals surface area contributed by atoms with E-state index in [4.69, 9.17) is 25.5 Å². The Balaban J connectivity index is 1.64. The highest BCUT2D eigenvalue weighted by molar-refractivity contribution is 6.31. The zero-order chi connectivity index (χ0) is 20.6. The summed E-state index contributed by atoms with van der Waals surface area (Å²) in [6.45, 7) is 3.71. The Bertz CT molecular complexity index is 898. The molecule has 6 heteroatoms. The molecule has 0 bridgehead atoms. The zero-order valence-corrected chi connectivity index (χ0v) is 17.4. The quantitative estimate of drug-likeness (QED) is 0.520. The molecule has 0 saturated carbocycles. The van der Waals surface area contributed by atoms with Crippen molar-refractivity contribution < 1.29 is 19.0 Å². The molecule has 1 aromatic heterocycles. The lowest BCUT2D eigenvalue weighted by Crippen LogP contribution is -2.35. The maximum Gasteiger partial charge on any atom is 0.123 e. The number of rotatable bonds is 10. The maximum absolute atomic E-state index is 10.6. The number of hydrogen-bond acceptors (Lipinski definition) is 5. The van der Waals surface area contributed by atoms with E-state index in [-0.39, 0.29) is 6.61 Å². The Morgan fingerprint density at radius 3 is 2.66 bits per heavy atom. The van der Waals surface area contributed by atoms with Crippen molar-refractivity contribution in [1.82, 2.24) is 4.90 Å². The molecule has 0 fully saturated rings. The van der Waals surface area contributed by atoms with Crippen LogP contribution in [-0.4, -0.2) is 36.4 Å². The van der Waals surface area contributed by atoms with E-state index in [1.807, 2.05) is 49.4 Å². The highest BCUT2D eigenvalue weighted by Gasteiger charge is 2.17. The van der Waals surface area contributed by atoms with Gasteiger partial charge in [-0.15, -0.1) is 0 Å². The van der Waals surface area contributed by atoms with Crippen LogP contribution in [0.25, 0.3) is 0 Å². The maximum atomic E-state index is 10.6. The number of ether oxygens (including phenoxy) is 2. The molecule has 0 radical (unpaired) electrons. The lowest BCUT2D eigenvalue weighted by atomic mass is 10.1. The summed E-state index contributed by atoms with van der Waals surface area (Å²) < 4.78 is 16.7. The monoisotopic (exact) mass is 415 g/mol. The van der Waals surface area contributed by atoms with Gasteiger partial charge in [0.25, 0.3) is 0 Å². The number of nitrogens with zero attached hydrogens (tertiary/aromatic N) is 1.